The first-order valence-electron chi connectivity index (χ1n) is 17.9. The van der Waals surface area contributed by atoms with Crippen LogP contribution in [0.15, 0.2) is 157 Å². The highest BCUT2D eigenvalue weighted by Gasteiger charge is 2.55. The number of para-hydroxylation sites is 4. The highest BCUT2D eigenvalue weighted by molar-refractivity contribution is 6.30. The number of hydrogen-bond acceptors (Lipinski definition) is 3. The molecule has 6 aromatic carbocycles. The zero-order chi connectivity index (χ0) is 33.6. The van der Waals surface area contributed by atoms with E-state index in [0.717, 1.165) is 28.0 Å². The molecule has 0 amide bonds. The van der Waals surface area contributed by atoms with Gasteiger partial charge in [0.1, 0.15) is 0 Å². The van der Waals surface area contributed by atoms with Crippen molar-refractivity contribution in [2.24, 2.45) is 4.99 Å². The van der Waals surface area contributed by atoms with Gasteiger partial charge in [0.2, 0.25) is 5.79 Å². The predicted octanol–water partition coefficient (Wildman–Crippen LogP) is 10.9. The quantitative estimate of drug-likeness (QED) is 0.201. The van der Waals surface area contributed by atoms with Gasteiger partial charge in [0.25, 0.3) is 0 Å². The Kier molecular flexibility index (Phi) is 4.99. The van der Waals surface area contributed by atoms with Gasteiger partial charge in [0.05, 0.1) is 44.7 Å². The Hall–Kier alpha value is -6.33. The van der Waals surface area contributed by atoms with Crippen molar-refractivity contribution in [2.45, 2.75) is 31.1 Å². The number of nitrogens with one attached hydrogen (secondary N) is 1. The lowest BCUT2D eigenvalue weighted by Crippen LogP contribution is -2.48. The molecule has 2 aromatic heterocycles. The molecule has 1 aliphatic carbocycles. The number of rotatable bonds is 2. The third-order valence-corrected chi connectivity index (χ3v) is 12.1. The number of anilines is 3. The van der Waals surface area contributed by atoms with Gasteiger partial charge in [-0.15, -0.1) is 0 Å². The molecule has 12 rings (SSSR count). The number of aliphatic imine (C=N–C) groups is 1. The second-order valence-corrected chi connectivity index (χ2v) is 14.7. The maximum Gasteiger partial charge on any atom is 0.209 e. The van der Waals surface area contributed by atoms with E-state index in [0.29, 0.717) is 0 Å². The van der Waals surface area contributed by atoms with Crippen molar-refractivity contribution in [1.29, 1.82) is 0 Å². The molecule has 3 atom stereocenters. The fourth-order valence-corrected chi connectivity index (χ4v) is 10.1. The van der Waals surface area contributed by atoms with Gasteiger partial charge < -0.3 is 14.8 Å². The Morgan fingerprint density at radius 1 is 0.667 bits per heavy atom. The highest BCUT2D eigenvalue weighted by Crippen LogP contribution is 2.63. The van der Waals surface area contributed by atoms with Crippen LogP contribution in [-0.2, 0) is 5.79 Å². The van der Waals surface area contributed by atoms with Gasteiger partial charge in [-0.2, -0.15) is 0 Å². The van der Waals surface area contributed by atoms with Crippen LogP contribution in [0.5, 0.6) is 0 Å². The summed E-state index contributed by atoms with van der Waals surface area (Å²) in [5.41, 5.74) is 14.1. The van der Waals surface area contributed by atoms with Crippen molar-refractivity contribution in [3.8, 4) is 0 Å². The molecule has 0 saturated carbocycles. The molecule has 3 aliphatic heterocycles. The second kappa shape index (κ2) is 9.26. The van der Waals surface area contributed by atoms with Crippen molar-refractivity contribution >= 4 is 72.1 Å². The van der Waals surface area contributed by atoms with Gasteiger partial charge in [-0.25, -0.2) is 4.99 Å². The van der Waals surface area contributed by atoms with E-state index in [4.69, 9.17) is 4.99 Å². The summed E-state index contributed by atoms with van der Waals surface area (Å²) in [6.45, 7) is 4.67. The lowest BCUT2D eigenvalue weighted by atomic mass is 9.77. The number of fused-ring (bicyclic) bond motifs is 13. The van der Waals surface area contributed by atoms with E-state index in [1.54, 1.807) is 0 Å². The molecule has 51 heavy (non-hydrogen) atoms. The van der Waals surface area contributed by atoms with E-state index < -0.39 is 5.79 Å². The SMILES string of the molecule is CC12C3=CC=CC1c1ccccc1N2c1cc2c4ccccc4n(C4(C)N=C(c5ccccc5)c5ccccc5N4)c2c2c4ccccc4n3c12. The van der Waals surface area contributed by atoms with Gasteiger partial charge in [-0.1, -0.05) is 115 Å². The molecule has 0 saturated heterocycles. The topological polar surface area (TPSA) is 37.5 Å². The monoisotopic (exact) mass is 655 g/mol. The minimum atomic E-state index is -0.838. The Labute approximate surface area is 295 Å². The van der Waals surface area contributed by atoms with Gasteiger partial charge in [-0.3, -0.25) is 4.57 Å². The van der Waals surface area contributed by atoms with Crippen LogP contribution >= 0.6 is 0 Å². The van der Waals surface area contributed by atoms with Gasteiger partial charge in [-0.05, 0) is 55.8 Å². The number of aromatic nitrogens is 2. The number of allylic oxidation sites excluding steroid dienone is 2. The third-order valence-electron chi connectivity index (χ3n) is 12.1. The van der Waals surface area contributed by atoms with E-state index in [9.17, 15) is 0 Å². The smallest absolute Gasteiger partial charge is 0.209 e. The molecule has 242 valence electrons. The Morgan fingerprint density at radius 3 is 2.27 bits per heavy atom. The van der Waals surface area contributed by atoms with Crippen LogP contribution in [0, 0.1) is 0 Å². The van der Waals surface area contributed by atoms with Crippen LogP contribution in [0.2, 0.25) is 0 Å². The molecule has 5 nitrogen and oxygen atoms in total. The maximum atomic E-state index is 5.69. The minimum Gasteiger partial charge on any atom is -0.344 e. The van der Waals surface area contributed by atoms with Gasteiger partial charge >= 0.3 is 0 Å². The van der Waals surface area contributed by atoms with Crippen molar-refractivity contribution in [3.05, 3.63) is 168 Å². The largest absolute Gasteiger partial charge is 0.344 e. The Bertz CT molecular complexity index is 2940. The summed E-state index contributed by atoms with van der Waals surface area (Å²) in [7, 11) is 0. The highest BCUT2D eigenvalue weighted by atomic mass is 15.4. The second-order valence-electron chi connectivity index (χ2n) is 14.7. The fourth-order valence-electron chi connectivity index (χ4n) is 10.1. The lowest BCUT2D eigenvalue weighted by Gasteiger charge is -2.47. The molecule has 0 spiro atoms. The minimum absolute atomic E-state index is 0.242. The zero-order valence-corrected chi connectivity index (χ0v) is 28.3. The Morgan fingerprint density at radius 2 is 1.39 bits per heavy atom. The van der Waals surface area contributed by atoms with Gasteiger partial charge in [0.15, 0.2) is 0 Å². The Balaban J connectivity index is 1.27. The van der Waals surface area contributed by atoms with E-state index in [1.165, 1.54) is 60.7 Å². The van der Waals surface area contributed by atoms with Crippen molar-refractivity contribution < 1.29 is 0 Å². The first kappa shape index (κ1) is 27.5. The van der Waals surface area contributed by atoms with Crippen molar-refractivity contribution in [2.75, 3.05) is 10.2 Å². The summed E-state index contributed by atoms with van der Waals surface area (Å²) in [6, 6.07) is 48.5. The van der Waals surface area contributed by atoms with E-state index in [1.807, 2.05) is 0 Å². The van der Waals surface area contributed by atoms with Crippen LogP contribution in [-0.4, -0.2) is 20.4 Å². The molecule has 5 heterocycles. The normalized spacial score (nSPS) is 22.5. The third kappa shape index (κ3) is 3.21. The maximum absolute atomic E-state index is 5.69. The van der Waals surface area contributed by atoms with E-state index >= 15 is 0 Å². The first-order valence-corrected chi connectivity index (χ1v) is 17.9. The van der Waals surface area contributed by atoms with E-state index in [-0.39, 0.29) is 11.5 Å². The molecular weight excluding hydrogens is 623 g/mol. The van der Waals surface area contributed by atoms with Crippen molar-refractivity contribution in [1.82, 2.24) is 9.13 Å². The first-order chi connectivity index (χ1) is 25.1. The molecule has 0 bridgehead atoms. The van der Waals surface area contributed by atoms with E-state index in [2.05, 4.69) is 185 Å². The summed E-state index contributed by atoms with van der Waals surface area (Å²) < 4.78 is 5.06. The van der Waals surface area contributed by atoms with Crippen LogP contribution in [0.1, 0.15) is 36.5 Å². The van der Waals surface area contributed by atoms with Gasteiger partial charge in [0, 0.05) is 50.0 Å². The summed E-state index contributed by atoms with van der Waals surface area (Å²) in [5.74, 6) is -0.596. The summed E-state index contributed by atoms with van der Waals surface area (Å²) >= 11 is 0. The van der Waals surface area contributed by atoms with Crippen molar-refractivity contribution in [3.63, 3.8) is 0 Å². The number of nitrogens with zero attached hydrogens (tertiary/aromatic N) is 4. The molecule has 4 aliphatic rings. The molecule has 0 radical (unpaired) electrons. The number of hydrogen-bond donors (Lipinski definition) is 1. The average molecular weight is 656 g/mol. The standard InChI is InChI=1S/C46H33N5/c1-45-34-21-14-26-40(45)49-36-23-11-9-20-32(36)41-43-33(27-39(44(41)49)50(45)38-25-13-8-18-30(34)38)29-17-7-12-24-37(29)51(43)46(2)47-35-22-10-6-19-31(35)42(48-46)28-15-4-3-5-16-28/h3-27,34,47H,1-2H3. The lowest BCUT2D eigenvalue weighted by molar-refractivity contribution is 0.414. The summed E-state index contributed by atoms with van der Waals surface area (Å²) in [6.07, 6.45) is 7.02. The predicted molar refractivity (Wildman–Crippen MR) is 211 cm³/mol. The molecule has 8 aromatic rings. The van der Waals surface area contributed by atoms with Crippen LogP contribution in [0.3, 0.4) is 0 Å². The van der Waals surface area contributed by atoms with Crippen LogP contribution in [0.4, 0.5) is 17.1 Å². The zero-order valence-electron chi connectivity index (χ0n) is 28.3. The van der Waals surface area contributed by atoms with Crippen LogP contribution < -0.4 is 10.2 Å². The summed E-state index contributed by atoms with van der Waals surface area (Å²) in [4.78, 5) is 8.34. The fraction of sp³-hybridized carbons (Fsp3) is 0.109. The average Bonchev–Trinajstić information content (AvgIpc) is 3.78. The molecule has 3 unspecified atom stereocenters. The molecule has 5 heteroatoms. The summed E-state index contributed by atoms with van der Waals surface area (Å²) in [5, 5.41) is 8.91. The number of benzene rings is 6. The molecular formula is C46H33N5. The molecule has 0 fully saturated rings. The van der Waals surface area contributed by atoms with Crippen LogP contribution in [0.25, 0.3) is 49.3 Å². The molecule has 1 N–H and O–H groups in total.